The van der Waals surface area contributed by atoms with Crippen molar-refractivity contribution >= 4 is 25.4 Å². The molecule has 0 amide bonds. The van der Waals surface area contributed by atoms with Gasteiger partial charge < -0.3 is 20.4 Å². The smallest absolute Gasteiger partial charge is 0.330 e. The van der Waals surface area contributed by atoms with Crippen LogP contribution in [0.25, 0.3) is 0 Å². The van der Waals surface area contributed by atoms with E-state index in [9.17, 15) is 9.59 Å². The number of carbonyl (C=O) groups is 2. The van der Waals surface area contributed by atoms with E-state index < -0.39 is 11.9 Å². The van der Waals surface area contributed by atoms with Crippen molar-refractivity contribution in [3.05, 3.63) is 24.3 Å². The number of aliphatic carboxylic acids is 2. The van der Waals surface area contributed by atoms with Crippen molar-refractivity contribution in [3.8, 4) is 0 Å². The molecule has 0 aliphatic carbocycles. The highest BCUT2D eigenvalue weighted by Crippen LogP contribution is 1.81. The molecule has 0 unspecified atom stereocenters. The third kappa shape index (κ3) is 40.0. The SMILES string of the molecule is C=C(C)C(=O)O.C=C(C)C(=O)O.OCCO.S. The Balaban J connectivity index is -0.0000000741. The first-order chi connectivity index (χ1) is 7.20. The fourth-order valence-electron chi connectivity index (χ4n) is 0. The van der Waals surface area contributed by atoms with Crippen molar-refractivity contribution in [2.75, 3.05) is 13.2 Å². The van der Waals surface area contributed by atoms with Crippen LogP contribution in [0.15, 0.2) is 24.3 Å². The van der Waals surface area contributed by atoms with Gasteiger partial charge in [0.2, 0.25) is 0 Å². The second kappa shape index (κ2) is 17.1. The first-order valence-corrected chi connectivity index (χ1v) is 4.20. The van der Waals surface area contributed by atoms with E-state index in [1.165, 1.54) is 13.8 Å². The van der Waals surface area contributed by atoms with Gasteiger partial charge in [-0.3, -0.25) is 0 Å². The van der Waals surface area contributed by atoms with Gasteiger partial charge >= 0.3 is 11.9 Å². The van der Waals surface area contributed by atoms with Crippen LogP contribution in [0.1, 0.15) is 13.8 Å². The highest BCUT2D eigenvalue weighted by Gasteiger charge is 1.90. The Bertz CT molecular complexity index is 199. The molecule has 0 aromatic heterocycles. The largest absolute Gasteiger partial charge is 0.478 e. The Morgan fingerprint density at radius 3 is 1.00 bits per heavy atom. The van der Waals surface area contributed by atoms with Crippen molar-refractivity contribution in [1.82, 2.24) is 0 Å². The average molecular weight is 268 g/mol. The lowest BCUT2D eigenvalue weighted by Gasteiger charge is -1.79. The highest BCUT2D eigenvalue weighted by atomic mass is 32.1. The standard InChI is InChI=1S/2C4H6O2.C2H6O2.H2S/c2*1-3(2)4(5)6;3-1-2-4;/h2*1H2,2H3,(H,5,6);3-4H,1-2H2;1H2. The molecule has 0 heterocycles. The predicted molar refractivity (Wildman–Crippen MR) is 69.5 cm³/mol. The van der Waals surface area contributed by atoms with Gasteiger partial charge in [-0.05, 0) is 13.8 Å². The number of rotatable bonds is 3. The summed E-state index contributed by atoms with van der Waals surface area (Å²) in [7, 11) is 0. The molecule has 6 nitrogen and oxygen atoms in total. The molecule has 0 fully saturated rings. The molecule has 0 aromatic carbocycles. The summed E-state index contributed by atoms with van der Waals surface area (Å²) in [5, 5.41) is 31.0. The van der Waals surface area contributed by atoms with Gasteiger partial charge in [-0.1, -0.05) is 13.2 Å². The Hall–Kier alpha value is -1.31. The lowest BCUT2D eigenvalue weighted by atomic mass is 10.4. The first kappa shape index (κ1) is 24.8. The van der Waals surface area contributed by atoms with E-state index in [2.05, 4.69) is 13.2 Å². The third-order valence-electron chi connectivity index (χ3n) is 0.830. The molecule has 0 aliphatic heterocycles. The van der Waals surface area contributed by atoms with Crippen LogP contribution in [0.4, 0.5) is 0 Å². The van der Waals surface area contributed by atoms with Gasteiger partial charge in [-0.25, -0.2) is 9.59 Å². The molecule has 0 saturated carbocycles. The molecule has 0 spiro atoms. The normalized spacial score (nSPS) is 7.06. The molecule has 0 bridgehead atoms. The lowest BCUT2D eigenvalue weighted by molar-refractivity contribution is -0.133. The van der Waals surface area contributed by atoms with E-state index in [1.54, 1.807) is 0 Å². The number of carboxylic acid groups (broad SMARTS) is 2. The van der Waals surface area contributed by atoms with E-state index in [0.717, 1.165) is 0 Å². The number of hydrogen-bond donors (Lipinski definition) is 4. The molecule has 0 saturated heterocycles. The summed E-state index contributed by atoms with van der Waals surface area (Å²) in [5.41, 5.74) is 0.352. The zero-order valence-electron chi connectivity index (χ0n) is 9.93. The zero-order valence-corrected chi connectivity index (χ0v) is 10.9. The zero-order chi connectivity index (χ0) is 13.7. The highest BCUT2D eigenvalue weighted by molar-refractivity contribution is 7.59. The molecule has 7 heteroatoms. The Labute approximate surface area is 107 Å². The van der Waals surface area contributed by atoms with Crippen molar-refractivity contribution < 1.29 is 30.0 Å². The van der Waals surface area contributed by atoms with Gasteiger partial charge in [-0.2, -0.15) is 13.5 Å². The van der Waals surface area contributed by atoms with Crippen molar-refractivity contribution in [3.63, 3.8) is 0 Å². The summed E-state index contributed by atoms with van der Waals surface area (Å²) >= 11 is 0. The van der Waals surface area contributed by atoms with Crippen molar-refractivity contribution in [1.29, 1.82) is 0 Å². The predicted octanol–water partition coefficient (Wildman–Crippen LogP) is 0.378. The molecule has 0 radical (unpaired) electrons. The minimum atomic E-state index is -0.935. The fourth-order valence-corrected chi connectivity index (χ4v) is 0. The Morgan fingerprint density at radius 1 is 0.882 bits per heavy atom. The summed E-state index contributed by atoms with van der Waals surface area (Å²) in [6.45, 7) is 8.95. The van der Waals surface area contributed by atoms with Gasteiger partial charge in [0, 0.05) is 11.1 Å². The van der Waals surface area contributed by atoms with Crippen LogP contribution in [-0.4, -0.2) is 45.6 Å². The molecule has 4 N–H and O–H groups in total. The first-order valence-electron chi connectivity index (χ1n) is 4.20. The van der Waals surface area contributed by atoms with Crippen LogP contribution >= 0.6 is 13.5 Å². The van der Waals surface area contributed by atoms with Crippen molar-refractivity contribution in [2.45, 2.75) is 13.8 Å². The molecule has 0 atom stereocenters. The number of carboxylic acids is 2. The second-order valence-corrected chi connectivity index (χ2v) is 2.62. The number of hydrogen-bond acceptors (Lipinski definition) is 4. The Morgan fingerprint density at radius 2 is 1.00 bits per heavy atom. The van der Waals surface area contributed by atoms with Crippen LogP contribution < -0.4 is 0 Å². The molecular formula is C10H20O6S. The lowest BCUT2D eigenvalue weighted by Crippen LogP contribution is -1.92. The molecular weight excluding hydrogens is 248 g/mol. The molecule has 102 valence electrons. The third-order valence-corrected chi connectivity index (χ3v) is 0.830. The van der Waals surface area contributed by atoms with Gasteiger partial charge in [0.15, 0.2) is 0 Å². The van der Waals surface area contributed by atoms with Gasteiger partial charge in [0.25, 0.3) is 0 Å². The summed E-state index contributed by atoms with van der Waals surface area (Å²) in [6, 6.07) is 0. The van der Waals surface area contributed by atoms with Crippen molar-refractivity contribution in [2.24, 2.45) is 0 Å². The maximum atomic E-state index is 9.60. The van der Waals surface area contributed by atoms with E-state index in [0.29, 0.717) is 0 Å². The topological polar surface area (TPSA) is 115 Å². The van der Waals surface area contributed by atoms with Crippen LogP contribution in [0.3, 0.4) is 0 Å². The monoisotopic (exact) mass is 268 g/mol. The number of aliphatic hydroxyl groups excluding tert-OH is 2. The quantitative estimate of drug-likeness (QED) is 0.550. The van der Waals surface area contributed by atoms with Crippen LogP contribution in [0.2, 0.25) is 0 Å². The second-order valence-electron chi connectivity index (χ2n) is 2.62. The summed E-state index contributed by atoms with van der Waals surface area (Å²) in [4.78, 5) is 19.2. The fraction of sp³-hybridized carbons (Fsp3) is 0.400. The average Bonchev–Trinajstić information content (AvgIpc) is 2.18. The van der Waals surface area contributed by atoms with E-state index in [4.69, 9.17) is 20.4 Å². The van der Waals surface area contributed by atoms with E-state index >= 15 is 0 Å². The van der Waals surface area contributed by atoms with E-state index in [1.807, 2.05) is 0 Å². The van der Waals surface area contributed by atoms with E-state index in [-0.39, 0.29) is 37.9 Å². The number of aliphatic hydroxyl groups is 2. The summed E-state index contributed by atoms with van der Waals surface area (Å²) in [5.74, 6) is -1.87. The maximum absolute atomic E-state index is 9.60. The molecule has 0 aliphatic rings. The van der Waals surface area contributed by atoms with Crippen LogP contribution in [-0.2, 0) is 9.59 Å². The minimum Gasteiger partial charge on any atom is -0.478 e. The summed E-state index contributed by atoms with van der Waals surface area (Å²) in [6.07, 6.45) is 0. The molecule has 0 rings (SSSR count). The Kier molecular flexibility index (Phi) is 24.9. The molecule has 17 heavy (non-hydrogen) atoms. The van der Waals surface area contributed by atoms with Gasteiger partial charge in [0.1, 0.15) is 0 Å². The van der Waals surface area contributed by atoms with Gasteiger partial charge in [-0.15, -0.1) is 0 Å². The molecule has 0 aromatic rings. The van der Waals surface area contributed by atoms with Crippen LogP contribution in [0.5, 0.6) is 0 Å². The summed E-state index contributed by atoms with van der Waals surface area (Å²) < 4.78 is 0. The maximum Gasteiger partial charge on any atom is 0.330 e. The minimum absolute atomic E-state index is 0. The van der Waals surface area contributed by atoms with Gasteiger partial charge in [0.05, 0.1) is 13.2 Å². The van der Waals surface area contributed by atoms with Crippen LogP contribution in [0, 0.1) is 0 Å².